The normalized spacial score (nSPS) is 16.3. The van der Waals surface area contributed by atoms with Crippen molar-refractivity contribution in [1.82, 2.24) is 14.9 Å². The van der Waals surface area contributed by atoms with Gasteiger partial charge in [-0.15, -0.1) is 0 Å². The fourth-order valence-corrected chi connectivity index (χ4v) is 3.10. The lowest BCUT2D eigenvalue weighted by Crippen LogP contribution is -2.32. The molecule has 158 valence electrons. The van der Waals surface area contributed by atoms with Crippen LogP contribution in [-0.4, -0.2) is 45.8 Å². The summed E-state index contributed by atoms with van der Waals surface area (Å²) in [6.07, 6.45) is -1.26. The van der Waals surface area contributed by atoms with E-state index in [9.17, 15) is 22.8 Å². The number of likely N-dealkylation sites (tertiary alicyclic amines) is 1. The average Bonchev–Trinajstić information content (AvgIpc) is 3.17. The van der Waals surface area contributed by atoms with Crippen LogP contribution in [0.5, 0.6) is 0 Å². The highest BCUT2D eigenvalue weighted by Gasteiger charge is 2.32. The van der Waals surface area contributed by atoms with Crippen LogP contribution in [0.1, 0.15) is 27.9 Å². The number of anilines is 2. The minimum absolute atomic E-state index is 0.0838. The Labute approximate surface area is 171 Å². The number of carbonyl (C=O) groups is 2. The first-order chi connectivity index (χ1) is 14.2. The Bertz CT molecular complexity index is 960. The van der Waals surface area contributed by atoms with Gasteiger partial charge in [0.15, 0.2) is 0 Å². The lowest BCUT2D eigenvalue weighted by atomic mass is 10.1. The summed E-state index contributed by atoms with van der Waals surface area (Å²) in [5, 5.41) is 5.63. The molecular weight excluding hydrogens is 399 g/mol. The van der Waals surface area contributed by atoms with Gasteiger partial charge in [0.05, 0.1) is 5.56 Å². The molecule has 1 aromatic carbocycles. The Kier molecular flexibility index (Phi) is 6.04. The van der Waals surface area contributed by atoms with Gasteiger partial charge in [0.1, 0.15) is 0 Å². The predicted molar refractivity (Wildman–Crippen MR) is 105 cm³/mol. The topological polar surface area (TPSA) is 87.2 Å². The minimum Gasteiger partial charge on any atom is -0.350 e. The van der Waals surface area contributed by atoms with Gasteiger partial charge < -0.3 is 15.5 Å². The SMILES string of the molecule is C=CC(=O)Nc1ccc(C(=O)N2CC[C@@H](Nc3ncc(C(F)(F)F)cn3)C2)cc1C. The van der Waals surface area contributed by atoms with E-state index in [1.54, 1.807) is 30.0 Å². The average molecular weight is 419 g/mol. The van der Waals surface area contributed by atoms with Gasteiger partial charge >= 0.3 is 6.18 Å². The molecule has 1 aliphatic heterocycles. The number of rotatable bonds is 5. The Morgan fingerprint density at radius 1 is 1.27 bits per heavy atom. The van der Waals surface area contributed by atoms with Gasteiger partial charge in [0.25, 0.3) is 5.91 Å². The number of alkyl halides is 3. The number of hydrogen-bond donors (Lipinski definition) is 2. The summed E-state index contributed by atoms with van der Waals surface area (Å²) in [6, 6.07) is 4.82. The fraction of sp³-hybridized carbons (Fsp3) is 0.300. The van der Waals surface area contributed by atoms with Crippen LogP contribution in [0.15, 0.2) is 43.2 Å². The molecule has 10 heteroatoms. The van der Waals surface area contributed by atoms with E-state index in [0.717, 1.165) is 24.0 Å². The zero-order valence-electron chi connectivity index (χ0n) is 16.2. The van der Waals surface area contributed by atoms with Crippen LogP contribution >= 0.6 is 0 Å². The molecule has 30 heavy (non-hydrogen) atoms. The number of carbonyl (C=O) groups excluding carboxylic acids is 2. The van der Waals surface area contributed by atoms with E-state index in [-0.39, 0.29) is 23.8 Å². The molecule has 0 bridgehead atoms. The largest absolute Gasteiger partial charge is 0.419 e. The molecule has 1 aliphatic rings. The molecule has 2 aromatic rings. The van der Waals surface area contributed by atoms with Gasteiger partial charge in [0, 0.05) is 42.8 Å². The van der Waals surface area contributed by atoms with Crippen LogP contribution in [0.4, 0.5) is 24.8 Å². The minimum atomic E-state index is -4.49. The number of aryl methyl sites for hydroxylation is 1. The summed E-state index contributed by atoms with van der Waals surface area (Å²) < 4.78 is 37.8. The number of hydrogen-bond acceptors (Lipinski definition) is 5. The summed E-state index contributed by atoms with van der Waals surface area (Å²) in [4.78, 5) is 33.3. The van der Waals surface area contributed by atoms with Gasteiger partial charge in [-0.1, -0.05) is 6.58 Å². The molecule has 0 unspecified atom stereocenters. The van der Waals surface area contributed by atoms with Gasteiger partial charge in [-0.2, -0.15) is 13.2 Å². The number of nitrogens with one attached hydrogen (secondary N) is 2. The molecule has 1 atom stereocenters. The third-order valence-corrected chi connectivity index (χ3v) is 4.70. The maximum atomic E-state index is 12.8. The molecule has 0 saturated carbocycles. The van der Waals surface area contributed by atoms with Crippen LogP contribution in [0.3, 0.4) is 0 Å². The van der Waals surface area contributed by atoms with Crippen molar-refractivity contribution in [1.29, 1.82) is 0 Å². The molecule has 0 radical (unpaired) electrons. The Hall–Kier alpha value is -3.43. The number of nitrogens with zero attached hydrogens (tertiary/aromatic N) is 3. The molecule has 1 aromatic heterocycles. The summed E-state index contributed by atoms with van der Waals surface area (Å²) in [5.41, 5.74) is 0.898. The number of benzene rings is 1. The van der Waals surface area contributed by atoms with Crippen molar-refractivity contribution in [2.75, 3.05) is 23.7 Å². The second kappa shape index (κ2) is 8.52. The highest BCUT2D eigenvalue weighted by atomic mass is 19.4. The second-order valence-electron chi connectivity index (χ2n) is 6.90. The third-order valence-electron chi connectivity index (χ3n) is 4.70. The highest BCUT2D eigenvalue weighted by Crippen LogP contribution is 2.28. The molecule has 3 rings (SSSR count). The number of halogens is 3. The molecular formula is C20H20F3N5O2. The first kappa shape index (κ1) is 21.3. The second-order valence-corrected chi connectivity index (χ2v) is 6.90. The van der Waals surface area contributed by atoms with Gasteiger partial charge in [-0.25, -0.2) is 9.97 Å². The maximum Gasteiger partial charge on any atom is 0.419 e. The van der Waals surface area contributed by atoms with Crippen molar-refractivity contribution < 1.29 is 22.8 Å². The zero-order valence-corrected chi connectivity index (χ0v) is 16.2. The van der Waals surface area contributed by atoms with E-state index in [1.165, 1.54) is 0 Å². The standard InChI is InChI=1S/C20H20F3N5O2/c1-3-17(29)27-16-5-4-13(8-12(16)2)18(30)28-7-6-15(11-28)26-19-24-9-14(10-25-19)20(21,22)23/h3-5,8-10,15H,1,6-7,11H2,2H3,(H,27,29)(H,24,25,26)/t15-/m1/s1. The smallest absolute Gasteiger partial charge is 0.350 e. The Balaban J connectivity index is 1.61. The van der Waals surface area contributed by atoms with Gasteiger partial charge in [0.2, 0.25) is 11.9 Å². The molecule has 2 N–H and O–H groups in total. The van der Waals surface area contributed by atoms with E-state index in [1.807, 2.05) is 0 Å². The van der Waals surface area contributed by atoms with E-state index < -0.39 is 11.7 Å². The van der Waals surface area contributed by atoms with E-state index in [0.29, 0.717) is 30.8 Å². The lowest BCUT2D eigenvalue weighted by Gasteiger charge is -2.18. The van der Waals surface area contributed by atoms with Crippen LogP contribution in [0.2, 0.25) is 0 Å². The van der Waals surface area contributed by atoms with Crippen molar-refractivity contribution in [2.24, 2.45) is 0 Å². The molecule has 1 saturated heterocycles. The first-order valence-electron chi connectivity index (χ1n) is 9.16. The third kappa shape index (κ3) is 4.94. The number of amides is 2. The molecule has 2 heterocycles. The fourth-order valence-electron chi connectivity index (χ4n) is 3.10. The lowest BCUT2D eigenvalue weighted by molar-refractivity contribution is -0.138. The number of aromatic nitrogens is 2. The Morgan fingerprint density at radius 3 is 2.57 bits per heavy atom. The molecule has 7 nitrogen and oxygen atoms in total. The molecule has 2 amide bonds. The van der Waals surface area contributed by atoms with Crippen LogP contribution < -0.4 is 10.6 Å². The van der Waals surface area contributed by atoms with Crippen molar-refractivity contribution in [2.45, 2.75) is 25.6 Å². The zero-order chi connectivity index (χ0) is 21.9. The first-order valence-corrected chi connectivity index (χ1v) is 9.16. The van der Waals surface area contributed by atoms with Crippen LogP contribution in [0.25, 0.3) is 0 Å². The van der Waals surface area contributed by atoms with Gasteiger partial charge in [-0.05, 0) is 43.2 Å². The van der Waals surface area contributed by atoms with Crippen molar-refractivity contribution in [3.63, 3.8) is 0 Å². The van der Waals surface area contributed by atoms with E-state index >= 15 is 0 Å². The Morgan fingerprint density at radius 2 is 1.97 bits per heavy atom. The monoisotopic (exact) mass is 419 g/mol. The van der Waals surface area contributed by atoms with Crippen molar-refractivity contribution in [3.05, 3.63) is 59.9 Å². The van der Waals surface area contributed by atoms with Gasteiger partial charge in [-0.3, -0.25) is 9.59 Å². The van der Waals surface area contributed by atoms with E-state index in [4.69, 9.17) is 0 Å². The van der Waals surface area contributed by atoms with E-state index in [2.05, 4.69) is 27.2 Å². The van der Waals surface area contributed by atoms with Crippen LogP contribution in [0, 0.1) is 6.92 Å². The molecule has 1 fully saturated rings. The summed E-state index contributed by atoms with van der Waals surface area (Å²) in [6.45, 7) is 6.05. The van der Waals surface area contributed by atoms with Crippen LogP contribution in [-0.2, 0) is 11.0 Å². The highest BCUT2D eigenvalue weighted by molar-refractivity contribution is 6.00. The maximum absolute atomic E-state index is 12.8. The molecule has 0 aliphatic carbocycles. The van der Waals surface area contributed by atoms with Crippen molar-refractivity contribution in [3.8, 4) is 0 Å². The summed E-state index contributed by atoms with van der Waals surface area (Å²) in [7, 11) is 0. The van der Waals surface area contributed by atoms with Crippen molar-refractivity contribution >= 4 is 23.5 Å². The summed E-state index contributed by atoms with van der Waals surface area (Å²) in [5.74, 6) is -0.422. The molecule has 0 spiro atoms. The summed E-state index contributed by atoms with van der Waals surface area (Å²) >= 11 is 0. The quantitative estimate of drug-likeness (QED) is 0.727. The predicted octanol–water partition coefficient (Wildman–Crippen LogP) is 3.25.